The van der Waals surface area contributed by atoms with Crippen molar-refractivity contribution in [2.75, 3.05) is 26.7 Å². The van der Waals surface area contributed by atoms with E-state index in [0.29, 0.717) is 18.1 Å². The first kappa shape index (κ1) is 21.7. The van der Waals surface area contributed by atoms with Crippen molar-refractivity contribution in [1.29, 1.82) is 0 Å². The third-order valence-corrected chi connectivity index (χ3v) is 4.82. The van der Waals surface area contributed by atoms with E-state index in [-0.39, 0.29) is 29.5 Å². The van der Waals surface area contributed by atoms with Crippen LogP contribution in [0.2, 0.25) is 0 Å². The van der Waals surface area contributed by atoms with Gasteiger partial charge in [-0.25, -0.2) is 4.98 Å². The van der Waals surface area contributed by atoms with E-state index in [1.54, 1.807) is 13.3 Å². The van der Waals surface area contributed by atoms with Gasteiger partial charge in [-0.15, -0.1) is 29.1 Å². The summed E-state index contributed by atoms with van der Waals surface area (Å²) in [6.07, 6.45) is 5.54. The zero-order valence-electron chi connectivity index (χ0n) is 16.3. The second kappa shape index (κ2) is 10.1. The molecule has 0 radical (unpaired) electrons. The van der Waals surface area contributed by atoms with Gasteiger partial charge in [-0.2, -0.15) is 0 Å². The monoisotopic (exact) mass is 487 g/mol. The second-order valence-electron chi connectivity index (χ2n) is 7.22. The van der Waals surface area contributed by atoms with Gasteiger partial charge in [0.25, 0.3) is 0 Å². The molecular formula is C18H30IN7O. The minimum absolute atomic E-state index is 0. The highest BCUT2D eigenvalue weighted by atomic mass is 127. The van der Waals surface area contributed by atoms with Crippen molar-refractivity contribution in [2.24, 2.45) is 4.99 Å². The Kier molecular flexibility index (Phi) is 8.08. The Labute approximate surface area is 177 Å². The minimum Gasteiger partial charge on any atom is -0.461 e. The summed E-state index contributed by atoms with van der Waals surface area (Å²) >= 11 is 0. The fraction of sp³-hybridized carbons (Fsp3) is 0.611. The van der Waals surface area contributed by atoms with Crippen LogP contribution in [-0.4, -0.2) is 58.3 Å². The number of nitrogens with one attached hydrogen (secondary N) is 3. The molecule has 1 aliphatic heterocycles. The molecule has 0 atom stereocenters. The molecule has 0 unspecified atom stereocenters. The van der Waals surface area contributed by atoms with E-state index in [1.807, 2.05) is 12.1 Å². The molecule has 3 heterocycles. The molecule has 8 nitrogen and oxygen atoms in total. The van der Waals surface area contributed by atoms with Crippen molar-refractivity contribution >= 4 is 29.9 Å². The van der Waals surface area contributed by atoms with Crippen LogP contribution >= 0.6 is 24.0 Å². The molecule has 3 rings (SSSR count). The molecule has 2 aromatic heterocycles. The Morgan fingerprint density at radius 3 is 2.74 bits per heavy atom. The van der Waals surface area contributed by atoms with E-state index in [2.05, 4.69) is 49.6 Å². The van der Waals surface area contributed by atoms with Crippen LogP contribution in [0, 0.1) is 0 Å². The van der Waals surface area contributed by atoms with Crippen LogP contribution in [0.5, 0.6) is 0 Å². The summed E-state index contributed by atoms with van der Waals surface area (Å²) in [7, 11) is 1.78. The lowest BCUT2D eigenvalue weighted by molar-refractivity contribution is 0.0982. The fourth-order valence-corrected chi connectivity index (χ4v) is 3.19. The molecule has 2 aromatic rings. The predicted octanol–water partition coefficient (Wildman–Crippen LogP) is 2.61. The van der Waals surface area contributed by atoms with Crippen LogP contribution in [0.3, 0.4) is 0 Å². The molecule has 0 aliphatic carbocycles. The summed E-state index contributed by atoms with van der Waals surface area (Å²) < 4.78 is 5.31. The van der Waals surface area contributed by atoms with E-state index >= 15 is 0 Å². The Morgan fingerprint density at radius 1 is 1.30 bits per heavy atom. The first-order chi connectivity index (χ1) is 12.6. The van der Waals surface area contributed by atoms with Gasteiger partial charge >= 0.3 is 0 Å². The van der Waals surface area contributed by atoms with Gasteiger partial charge in [-0.3, -0.25) is 15.0 Å². The SMILES string of the molecule is CN=C(NCc1nc(-c2ccco2)n[nH]1)NCC(C)(C)N1CCCCC1.I. The highest BCUT2D eigenvalue weighted by molar-refractivity contribution is 14.0. The number of hydrogen-bond acceptors (Lipinski definition) is 5. The van der Waals surface area contributed by atoms with E-state index in [1.165, 1.54) is 32.4 Å². The Balaban J connectivity index is 0.00000261. The molecule has 150 valence electrons. The van der Waals surface area contributed by atoms with Crippen molar-refractivity contribution in [2.45, 2.75) is 45.2 Å². The van der Waals surface area contributed by atoms with E-state index in [4.69, 9.17) is 4.42 Å². The number of H-pyrrole nitrogens is 1. The first-order valence-corrected chi connectivity index (χ1v) is 9.23. The number of guanidine groups is 1. The van der Waals surface area contributed by atoms with Crippen LogP contribution in [0.1, 0.15) is 38.9 Å². The highest BCUT2D eigenvalue weighted by Crippen LogP contribution is 2.19. The number of hydrogen-bond donors (Lipinski definition) is 3. The Hall–Kier alpha value is -1.62. The van der Waals surface area contributed by atoms with E-state index in [9.17, 15) is 0 Å². The number of nitrogens with zero attached hydrogens (tertiary/aromatic N) is 4. The molecule has 0 bridgehead atoms. The molecule has 0 amide bonds. The van der Waals surface area contributed by atoms with Crippen molar-refractivity contribution < 1.29 is 4.42 Å². The predicted molar refractivity (Wildman–Crippen MR) is 117 cm³/mol. The van der Waals surface area contributed by atoms with Gasteiger partial charge in [-0.1, -0.05) is 6.42 Å². The molecule has 1 fully saturated rings. The van der Waals surface area contributed by atoms with Crippen molar-refractivity contribution in [3.8, 4) is 11.6 Å². The number of aromatic nitrogens is 3. The van der Waals surface area contributed by atoms with Crippen LogP contribution in [0.4, 0.5) is 0 Å². The standard InChI is InChI=1S/C18H29N7O.HI/c1-18(2,25-9-5-4-6-10-25)13-21-17(19-3)20-12-15-22-16(24-23-15)14-8-7-11-26-14;/h7-8,11H,4-6,9-10,12-13H2,1-3H3,(H2,19,20,21)(H,22,23,24);1H. The maximum absolute atomic E-state index is 5.31. The highest BCUT2D eigenvalue weighted by Gasteiger charge is 2.27. The van der Waals surface area contributed by atoms with Crippen LogP contribution in [0.25, 0.3) is 11.6 Å². The molecule has 1 aliphatic rings. The zero-order valence-corrected chi connectivity index (χ0v) is 18.6. The average molecular weight is 487 g/mol. The number of piperidine rings is 1. The number of aromatic amines is 1. The smallest absolute Gasteiger partial charge is 0.216 e. The Bertz CT molecular complexity index is 705. The van der Waals surface area contributed by atoms with Crippen LogP contribution in [0.15, 0.2) is 27.8 Å². The summed E-state index contributed by atoms with van der Waals surface area (Å²) in [4.78, 5) is 11.3. The average Bonchev–Trinajstić information content (AvgIpc) is 3.34. The minimum atomic E-state index is 0. The maximum Gasteiger partial charge on any atom is 0.216 e. The summed E-state index contributed by atoms with van der Waals surface area (Å²) in [5.41, 5.74) is 0.0940. The normalized spacial score (nSPS) is 16.0. The molecule has 0 saturated carbocycles. The summed E-state index contributed by atoms with van der Waals surface area (Å²) in [6.45, 7) is 8.26. The van der Waals surface area contributed by atoms with Gasteiger partial charge in [-0.05, 0) is 51.9 Å². The summed E-state index contributed by atoms with van der Waals surface area (Å²) in [5, 5.41) is 13.8. The van der Waals surface area contributed by atoms with Gasteiger partial charge in [0.2, 0.25) is 5.82 Å². The molecule has 27 heavy (non-hydrogen) atoms. The third-order valence-electron chi connectivity index (χ3n) is 4.82. The largest absolute Gasteiger partial charge is 0.461 e. The number of halogens is 1. The summed E-state index contributed by atoms with van der Waals surface area (Å²) in [6, 6.07) is 3.66. The molecule has 0 spiro atoms. The molecule has 9 heteroatoms. The third kappa shape index (κ3) is 5.93. The van der Waals surface area contributed by atoms with Gasteiger partial charge in [0.1, 0.15) is 5.82 Å². The van der Waals surface area contributed by atoms with Gasteiger partial charge < -0.3 is 15.1 Å². The van der Waals surface area contributed by atoms with Crippen molar-refractivity contribution in [3.05, 3.63) is 24.2 Å². The van der Waals surface area contributed by atoms with E-state index in [0.717, 1.165) is 18.3 Å². The van der Waals surface area contributed by atoms with Crippen molar-refractivity contribution in [3.63, 3.8) is 0 Å². The van der Waals surface area contributed by atoms with Gasteiger partial charge in [0.05, 0.1) is 12.8 Å². The number of aliphatic imine (C=N–C) groups is 1. The van der Waals surface area contributed by atoms with Crippen molar-refractivity contribution in [1.82, 2.24) is 30.7 Å². The molecule has 0 aromatic carbocycles. The van der Waals surface area contributed by atoms with Gasteiger partial charge in [0.15, 0.2) is 11.7 Å². The molecular weight excluding hydrogens is 457 g/mol. The first-order valence-electron chi connectivity index (χ1n) is 9.23. The summed E-state index contributed by atoms with van der Waals surface area (Å²) in [5.74, 6) is 2.69. The lowest BCUT2D eigenvalue weighted by Crippen LogP contribution is -2.54. The number of rotatable bonds is 6. The fourth-order valence-electron chi connectivity index (χ4n) is 3.19. The number of likely N-dealkylation sites (tertiary alicyclic amines) is 1. The second-order valence-corrected chi connectivity index (χ2v) is 7.22. The van der Waals surface area contributed by atoms with Gasteiger partial charge in [0, 0.05) is 19.1 Å². The topological polar surface area (TPSA) is 94.4 Å². The quantitative estimate of drug-likeness (QED) is 0.330. The molecule has 1 saturated heterocycles. The number of furan rings is 1. The van der Waals surface area contributed by atoms with Crippen LogP contribution in [-0.2, 0) is 6.54 Å². The lowest BCUT2D eigenvalue weighted by Gasteiger charge is -2.41. The zero-order chi connectivity index (χ0) is 18.4. The van der Waals surface area contributed by atoms with E-state index < -0.39 is 0 Å². The lowest BCUT2D eigenvalue weighted by atomic mass is 9.98. The maximum atomic E-state index is 5.31. The molecule has 3 N–H and O–H groups in total. The van der Waals surface area contributed by atoms with Crippen LogP contribution < -0.4 is 10.6 Å². The Morgan fingerprint density at radius 2 is 2.07 bits per heavy atom.